The highest BCUT2D eigenvalue weighted by Gasteiger charge is 2.11. The molecular weight excluding hydrogens is 378 g/mol. The molecule has 0 bridgehead atoms. The Morgan fingerprint density at radius 2 is 1.86 bits per heavy atom. The number of ether oxygens (including phenoxy) is 2. The third-order valence-electron chi connectivity index (χ3n) is 3.85. The van der Waals surface area contributed by atoms with Crippen LogP contribution in [0.5, 0.6) is 11.5 Å². The highest BCUT2D eigenvalue weighted by molar-refractivity contribution is 7.99. The van der Waals surface area contributed by atoms with Gasteiger partial charge in [-0.25, -0.2) is 4.98 Å². The molecule has 2 aromatic carbocycles. The van der Waals surface area contributed by atoms with Gasteiger partial charge in [-0.1, -0.05) is 17.8 Å². The summed E-state index contributed by atoms with van der Waals surface area (Å²) >= 11 is 1.09. The molecule has 0 atom stereocenters. The summed E-state index contributed by atoms with van der Waals surface area (Å²) in [6, 6.07) is 14.2. The van der Waals surface area contributed by atoms with Crippen molar-refractivity contribution in [3.8, 4) is 17.2 Å². The highest BCUT2D eigenvalue weighted by atomic mass is 32.2. The van der Waals surface area contributed by atoms with Crippen LogP contribution in [0.15, 0.2) is 70.7 Å². The van der Waals surface area contributed by atoms with Crippen LogP contribution >= 0.6 is 11.8 Å². The number of anilines is 1. The Labute approximate surface area is 166 Å². The molecule has 3 aromatic rings. The van der Waals surface area contributed by atoms with Crippen LogP contribution in [0.1, 0.15) is 0 Å². The van der Waals surface area contributed by atoms with Gasteiger partial charge >= 0.3 is 0 Å². The van der Waals surface area contributed by atoms with Gasteiger partial charge in [-0.3, -0.25) is 14.2 Å². The van der Waals surface area contributed by atoms with Crippen LogP contribution in [0, 0.1) is 0 Å². The Hall–Kier alpha value is -3.26. The van der Waals surface area contributed by atoms with E-state index >= 15 is 0 Å². The molecule has 1 heterocycles. The fraction of sp³-hybridized carbons (Fsp3) is 0.150. The van der Waals surface area contributed by atoms with E-state index in [4.69, 9.17) is 9.47 Å². The quantitative estimate of drug-likeness (QED) is 0.617. The number of carbonyl (C=O) groups excluding carboxylic acids is 1. The number of hydrogen-bond donors (Lipinski definition) is 1. The minimum atomic E-state index is -0.285. The first kappa shape index (κ1) is 19.5. The summed E-state index contributed by atoms with van der Waals surface area (Å²) in [4.78, 5) is 29.0. The van der Waals surface area contributed by atoms with Gasteiger partial charge in [0.15, 0.2) is 5.03 Å². The van der Waals surface area contributed by atoms with E-state index in [-0.39, 0.29) is 22.2 Å². The first-order chi connectivity index (χ1) is 13.6. The Morgan fingerprint density at radius 3 is 2.57 bits per heavy atom. The second kappa shape index (κ2) is 9.09. The van der Waals surface area contributed by atoms with Crippen molar-refractivity contribution in [2.24, 2.45) is 0 Å². The molecule has 0 fully saturated rings. The number of rotatable bonds is 7. The third kappa shape index (κ3) is 4.72. The van der Waals surface area contributed by atoms with E-state index in [0.29, 0.717) is 22.9 Å². The van der Waals surface area contributed by atoms with Crippen LogP contribution < -0.4 is 20.3 Å². The van der Waals surface area contributed by atoms with Crippen LogP contribution in [0.2, 0.25) is 0 Å². The monoisotopic (exact) mass is 397 g/mol. The summed E-state index contributed by atoms with van der Waals surface area (Å²) < 4.78 is 11.7. The first-order valence-corrected chi connectivity index (χ1v) is 9.38. The van der Waals surface area contributed by atoms with Gasteiger partial charge in [-0.05, 0) is 36.4 Å². The Kier molecular flexibility index (Phi) is 6.33. The zero-order valence-corrected chi connectivity index (χ0v) is 16.2. The SMILES string of the molecule is COc1ccc(-n2ccnc(SCC(=O)Nc3cccc(OC)c3)c2=O)cc1. The molecule has 1 amide bonds. The molecule has 8 heteroatoms. The van der Waals surface area contributed by atoms with E-state index in [2.05, 4.69) is 10.3 Å². The normalized spacial score (nSPS) is 10.4. The number of methoxy groups -OCH3 is 2. The molecule has 0 unspecified atom stereocenters. The molecule has 28 heavy (non-hydrogen) atoms. The van der Waals surface area contributed by atoms with E-state index in [9.17, 15) is 9.59 Å². The minimum absolute atomic E-state index is 0.0616. The van der Waals surface area contributed by atoms with Crippen molar-refractivity contribution in [1.82, 2.24) is 9.55 Å². The van der Waals surface area contributed by atoms with Crippen molar-refractivity contribution < 1.29 is 14.3 Å². The van der Waals surface area contributed by atoms with Crippen molar-refractivity contribution in [1.29, 1.82) is 0 Å². The Morgan fingerprint density at radius 1 is 1.11 bits per heavy atom. The number of carbonyl (C=O) groups is 1. The van der Waals surface area contributed by atoms with Crippen molar-refractivity contribution in [2.75, 3.05) is 25.3 Å². The van der Waals surface area contributed by atoms with Crippen molar-refractivity contribution >= 4 is 23.4 Å². The largest absolute Gasteiger partial charge is 0.497 e. The first-order valence-electron chi connectivity index (χ1n) is 8.39. The van der Waals surface area contributed by atoms with E-state index in [1.54, 1.807) is 68.9 Å². The van der Waals surface area contributed by atoms with Crippen LogP contribution in [0.25, 0.3) is 5.69 Å². The number of aromatic nitrogens is 2. The number of amides is 1. The van der Waals surface area contributed by atoms with Gasteiger partial charge in [0, 0.05) is 29.8 Å². The number of hydrogen-bond acceptors (Lipinski definition) is 6. The molecule has 7 nitrogen and oxygen atoms in total. The van der Waals surface area contributed by atoms with Crippen molar-refractivity contribution in [2.45, 2.75) is 5.03 Å². The lowest BCUT2D eigenvalue weighted by atomic mass is 10.3. The average Bonchev–Trinajstić information content (AvgIpc) is 2.73. The smallest absolute Gasteiger partial charge is 0.287 e. The molecular formula is C20H19N3O4S. The van der Waals surface area contributed by atoms with Gasteiger partial charge in [0.25, 0.3) is 5.56 Å². The fourth-order valence-electron chi connectivity index (χ4n) is 2.47. The summed E-state index contributed by atoms with van der Waals surface area (Å²) in [5.41, 5.74) is 1.03. The van der Waals surface area contributed by atoms with Crippen LogP contribution in [-0.2, 0) is 4.79 Å². The van der Waals surface area contributed by atoms with Crippen molar-refractivity contribution in [3.63, 3.8) is 0 Å². The van der Waals surface area contributed by atoms with Gasteiger partial charge in [-0.15, -0.1) is 0 Å². The average molecular weight is 397 g/mol. The molecule has 1 aromatic heterocycles. The van der Waals surface area contributed by atoms with Gasteiger partial charge in [0.05, 0.1) is 20.0 Å². The molecule has 3 rings (SSSR count). The predicted molar refractivity (Wildman–Crippen MR) is 109 cm³/mol. The summed E-state index contributed by atoms with van der Waals surface area (Å²) in [7, 11) is 3.14. The molecule has 0 aliphatic heterocycles. The number of nitrogens with zero attached hydrogens (tertiary/aromatic N) is 2. The molecule has 144 valence electrons. The molecule has 0 aliphatic rings. The van der Waals surface area contributed by atoms with Gasteiger partial charge in [0.2, 0.25) is 5.91 Å². The van der Waals surface area contributed by atoms with Crippen LogP contribution in [0.4, 0.5) is 5.69 Å². The zero-order valence-electron chi connectivity index (χ0n) is 15.4. The highest BCUT2D eigenvalue weighted by Crippen LogP contribution is 2.18. The predicted octanol–water partition coefficient (Wildman–Crippen LogP) is 2.98. The van der Waals surface area contributed by atoms with E-state index < -0.39 is 0 Å². The summed E-state index contributed by atoms with van der Waals surface area (Å²) in [6.07, 6.45) is 3.12. The lowest BCUT2D eigenvalue weighted by Crippen LogP contribution is -2.22. The van der Waals surface area contributed by atoms with E-state index in [1.807, 2.05) is 0 Å². The third-order valence-corrected chi connectivity index (χ3v) is 4.81. The molecule has 0 radical (unpaired) electrons. The maximum absolute atomic E-state index is 12.7. The Bertz CT molecular complexity index is 1020. The van der Waals surface area contributed by atoms with Gasteiger partial charge in [-0.2, -0.15) is 0 Å². The summed E-state index contributed by atoms with van der Waals surface area (Å²) in [6.45, 7) is 0. The van der Waals surface area contributed by atoms with Gasteiger partial charge in [0.1, 0.15) is 11.5 Å². The molecule has 0 spiro atoms. The van der Waals surface area contributed by atoms with Crippen molar-refractivity contribution in [3.05, 3.63) is 71.3 Å². The summed E-state index contributed by atoms with van der Waals surface area (Å²) in [5, 5.41) is 3.02. The second-order valence-corrected chi connectivity index (χ2v) is 6.64. The number of thioether (sulfide) groups is 1. The lowest BCUT2D eigenvalue weighted by Gasteiger charge is -2.09. The number of benzene rings is 2. The van der Waals surface area contributed by atoms with E-state index in [0.717, 1.165) is 11.8 Å². The molecule has 0 aliphatic carbocycles. The van der Waals surface area contributed by atoms with Gasteiger partial charge < -0.3 is 14.8 Å². The fourth-order valence-corrected chi connectivity index (χ4v) is 3.17. The Balaban J connectivity index is 1.69. The summed E-state index contributed by atoms with van der Waals surface area (Å²) in [5.74, 6) is 1.18. The molecule has 0 saturated carbocycles. The standard InChI is InChI=1S/C20H19N3O4S/c1-26-16-8-6-15(7-9-16)23-11-10-21-19(20(23)25)28-13-18(24)22-14-4-3-5-17(12-14)27-2/h3-12H,13H2,1-2H3,(H,22,24). The minimum Gasteiger partial charge on any atom is -0.497 e. The van der Waals surface area contributed by atoms with E-state index in [1.165, 1.54) is 10.8 Å². The maximum atomic E-state index is 12.7. The molecule has 1 N–H and O–H groups in total. The zero-order chi connectivity index (χ0) is 19.9. The topological polar surface area (TPSA) is 82.5 Å². The molecule has 0 saturated heterocycles. The second-order valence-electron chi connectivity index (χ2n) is 5.67. The van der Waals surface area contributed by atoms with Crippen LogP contribution in [-0.4, -0.2) is 35.4 Å². The van der Waals surface area contributed by atoms with Crippen LogP contribution in [0.3, 0.4) is 0 Å². The lowest BCUT2D eigenvalue weighted by molar-refractivity contribution is -0.113. The maximum Gasteiger partial charge on any atom is 0.287 e. The number of nitrogens with one attached hydrogen (secondary N) is 1.